The van der Waals surface area contributed by atoms with Crippen LogP contribution in [-0.4, -0.2) is 26.9 Å². The summed E-state index contributed by atoms with van der Waals surface area (Å²) in [6.07, 6.45) is 0. The van der Waals surface area contributed by atoms with E-state index in [9.17, 15) is 10.2 Å². The zero-order valence-electron chi connectivity index (χ0n) is 13.8. The van der Waals surface area contributed by atoms with Crippen LogP contribution in [-0.2, 0) is 0 Å². The van der Waals surface area contributed by atoms with Crippen molar-refractivity contribution >= 4 is 32.4 Å². The van der Waals surface area contributed by atoms with Crippen LogP contribution in [0, 0.1) is 0 Å². The van der Waals surface area contributed by atoms with Gasteiger partial charge in [-0.3, -0.25) is 10.9 Å². The number of nitrogens with one attached hydrogen (secondary N) is 2. The maximum atomic E-state index is 10.5. The number of hydrogen-bond acceptors (Lipinski definition) is 7. The lowest BCUT2D eigenvalue weighted by Crippen LogP contribution is -2.07. The number of ether oxygens (including phenoxy) is 1. The first-order valence-electron chi connectivity index (χ1n) is 7.81. The molecule has 0 radical (unpaired) electrons. The Bertz CT molecular complexity index is 1040. The molecule has 0 aliphatic carbocycles. The zero-order valence-corrected chi connectivity index (χ0v) is 14.6. The average molecular weight is 368 g/mol. The predicted octanol–water partition coefficient (Wildman–Crippen LogP) is 3.95. The summed E-state index contributed by atoms with van der Waals surface area (Å²) in [7, 11) is 1.56. The number of thiazole rings is 1. The van der Waals surface area contributed by atoms with E-state index in [-0.39, 0.29) is 11.8 Å². The predicted molar refractivity (Wildman–Crippen MR) is 103 cm³/mol. The molecule has 0 amide bonds. The van der Waals surface area contributed by atoms with E-state index >= 15 is 0 Å². The summed E-state index contributed by atoms with van der Waals surface area (Å²) in [5.41, 5.74) is 7.63. The van der Waals surface area contributed by atoms with Gasteiger partial charge >= 0.3 is 0 Å². The topological polar surface area (TPSA) is 91.6 Å². The first-order chi connectivity index (χ1) is 12.7. The van der Waals surface area contributed by atoms with Crippen molar-refractivity contribution in [2.75, 3.05) is 18.0 Å². The molecule has 2 heterocycles. The van der Waals surface area contributed by atoms with Gasteiger partial charge in [0.25, 0.3) is 0 Å². The molecule has 26 heavy (non-hydrogen) atoms. The summed E-state index contributed by atoms with van der Waals surface area (Å²) in [5.74, 6) is 0.380. The van der Waals surface area contributed by atoms with E-state index in [1.165, 1.54) is 22.0 Å². The highest BCUT2D eigenvalue weighted by molar-refractivity contribution is 7.22. The lowest BCUT2D eigenvalue weighted by atomic mass is 10.3. The fourth-order valence-electron chi connectivity index (χ4n) is 2.63. The third kappa shape index (κ3) is 2.86. The first kappa shape index (κ1) is 16.1. The third-order valence-corrected chi connectivity index (χ3v) is 4.82. The maximum absolute atomic E-state index is 10.5. The van der Waals surface area contributed by atoms with Gasteiger partial charge in [0.1, 0.15) is 11.4 Å². The number of hydrazine groups is 1. The van der Waals surface area contributed by atoms with Crippen LogP contribution in [0.5, 0.6) is 17.5 Å². The van der Waals surface area contributed by atoms with E-state index in [2.05, 4.69) is 15.8 Å². The Labute approximate surface area is 153 Å². The Kier molecular flexibility index (Phi) is 4.02. The molecule has 132 valence electrons. The van der Waals surface area contributed by atoms with Crippen LogP contribution in [0.25, 0.3) is 15.9 Å². The summed E-state index contributed by atoms with van der Waals surface area (Å²) >= 11 is 1.48. The smallest absolute Gasteiger partial charge is 0.224 e. The molecule has 0 saturated carbocycles. The second-order valence-corrected chi connectivity index (χ2v) is 6.54. The van der Waals surface area contributed by atoms with Gasteiger partial charge in [-0.25, -0.2) is 9.55 Å². The fraction of sp³-hybridized carbons (Fsp3) is 0.0556. The lowest BCUT2D eigenvalue weighted by Gasteiger charge is -2.09. The van der Waals surface area contributed by atoms with E-state index in [0.717, 1.165) is 10.2 Å². The van der Waals surface area contributed by atoms with E-state index in [1.807, 2.05) is 24.3 Å². The molecule has 2 aromatic heterocycles. The molecule has 4 rings (SSSR count). The van der Waals surface area contributed by atoms with Crippen LogP contribution in [0.3, 0.4) is 0 Å². The second-order valence-electron chi connectivity index (χ2n) is 5.51. The van der Waals surface area contributed by atoms with Gasteiger partial charge in [-0.05, 0) is 24.3 Å². The largest absolute Gasteiger partial charge is 0.497 e. The van der Waals surface area contributed by atoms with Crippen LogP contribution >= 0.6 is 11.3 Å². The minimum Gasteiger partial charge on any atom is -0.497 e. The van der Waals surface area contributed by atoms with E-state index in [4.69, 9.17) is 4.74 Å². The minimum absolute atomic E-state index is 0.107. The first-order valence-corrected chi connectivity index (χ1v) is 8.63. The van der Waals surface area contributed by atoms with Crippen LogP contribution in [0.1, 0.15) is 0 Å². The van der Waals surface area contributed by atoms with Gasteiger partial charge in [0.15, 0.2) is 0 Å². The monoisotopic (exact) mass is 368 g/mol. The fourth-order valence-corrected chi connectivity index (χ4v) is 3.45. The van der Waals surface area contributed by atoms with Gasteiger partial charge in [0, 0.05) is 12.1 Å². The van der Waals surface area contributed by atoms with Crippen molar-refractivity contribution in [2.45, 2.75) is 0 Å². The van der Waals surface area contributed by atoms with Gasteiger partial charge in [-0.2, -0.15) is 0 Å². The third-order valence-electron chi connectivity index (χ3n) is 3.86. The normalized spacial score (nSPS) is 10.8. The highest BCUT2D eigenvalue weighted by Gasteiger charge is 2.16. The number of aromatic hydroxyl groups is 2. The molecule has 4 N–H and O–H groups in total. The Morgan fingerprint density at radius 1 is 1.04 bits per heavy atom. The number of benzene rings is 2. The molecule has 0 bridgehead atoms. The summed E-state index contributed by atoms with van der Waals surface area (Å²) in [6.45, 7) is 0. The number of fused-ring (bicyclic) bond motifs is 1. The van der Waals surface area contributed by atoms with E-state index in [0.29, 0.717) is 22.3 Å². The molecule has 7 nitrogen and oxygen atoms in total. The van der Waals surface area contributed by atoms with Crippen molar-refractivity contribution in [1.82, 2.24) is 9.55 Å². The molecule has 0 aliphatic heterocycles. The molecule has 0 atom stereocenters. The number of nitrogens with zero attached hydrogens (tertiary/aromatic N) is 2. The van der Waals surface area contributed by atoms with Gasteiger partial charge in [-0.1, -0.05) is 29.5 Å². The summed E-state index contributed by atoms with van der Waals surface area (Å²) < 4.78 is 7.55. The quantitative estimate of drug-likeness (QED) is 0.399. The average Bonchev–Trinajstić information content (AvgIpc) is 3.20. The standard InChI is InChI=1S/C18H16N4O3S/c1-25-12-6-4-5-11(9-12)22-16(23)10-14(17(22)24)20-21-18-19-13-7-2-3-8-15(13)26-18/h2-10,20,23-24H,1H3,(H,19,21). The van der Waals surface area contributed by atoms with Gasteiger partial charge in [-0.15, -0.1) is 0 Å². The van der Waals surface area contributed by atoms with Crippen LogP contribution in [0.15, 0.2) is 54.6 Å². The second kappa shape index (κ2) is 6.49. The number of hydrogen-bond donors (Lipinski definition) is 4. The van der Waals surface area contributed by atoms with Crippen molar-refractivity contribution in [2.24, 2.45) is 0 Å². The Morgan fingerprint density at radius 3 is 2.69 bits per heavy atom. The Hall–Kier alpha value is -3.39. The van der Waals surface area contributed by atoms with Gasteiger partial charge in [0.05, 0.1) is 23.0 Å². The highest BCUT2D eigenvalue weighted by atomic mass is 32.1. The molecule has 2 aromatic carbocycles. The Morgan fingerprint density at radius 2 is 1.88 bits per heavy atom. The van der Waals surface area contributed by atoms with Crippen molar-refractivity contribution in [3.8, 4) is 23.2 Å². The summed E-state index contributed by atoms with van der Waals surface area (Å²) in [4.78, 5) is 4.44. The molecule has 0 saturated heterocycles. The van der Waals surface area contributed by atoms with Crippen LogP contribution < -0.4 is 15.6 Å². The molecule has 0 unspecified atom stereocenters. The molecule has 4 aromatic rings. The number of aromatic nitrogens is 2. The number of para-hydroxylation sites is 1. The van der Waals surface area contributed by atoms with E-state index in [1.54, 1.807) is 31.4 Å². The molecular weight excluding hydrogens is 352 g/mol. The maximum Gasteiger partial charge on any atom is 0.224 e. The number of rotatable bonds is 5. The molecule has 0 fully saturated rings. The SMILES string of the molecule is COc1cccc(-n2c(O)cc(NNc3nc4ccccc4s3)c2O)c1. The van der Waals surface area contributed by atoms with Crippen molar-refractivity contribution in [1.29, 1.82) is 0 Å². The zero-order chi connectivity index (χ0) is 18.1. The van der Waals surface area contributed by atoms with Crippen LogP contribution in [0.4, 0.5) is 10.8 Å². The minimum atomic E-state index is -0.135. The molecule has 0 aliphatic rings. The van der Waals surface area contributed by atoms with Gasteiger partial charge in [0.2, 0.25) is 16.9 Å². The lowest BCUT2D eigenvalue weighted by molar-refractivity contribution is 0.400. The van der Waals surface area contributed by atoms with Crippen molar-refractivity contribution < 1.29 is 14.9 Å². The van der Waals surface area contributed by atoms with Crippen LogP contribution in [0.2, 0.25) is 0 Å². The highest BCUT2D eigenvalue weighted by Crippen LogP contribution is 2.36. The Balaban J connectivity index is 1.59. The number of methoxy groups -OCH3 is 1. The summed E-state index contributed by atoms with van der Waals surface area (Å²) in [5, 5.41) is 21.4. The number of anilines is 2. The molecule has 0 spiro atoms. The van der Waals surface area contributed by atoms with Gasteiger partial charge < -0.3 is 14.9 Å². The molecular formula is C18H16N4O3S. The van der Waals surface area contributed by atoms with E-state index < -0.39 is 0 Å². The summed E-state index contributed by atoms with van der Waals surface area (Å²) in [6, 6.07) is 16.3. The molecule has 8 heteroatoms. The van der Waals surface area contributed by atoms with Crippen molar-refractivity contribution in [3.63, 3.8) is 0 Å². The van der Waals surface area contributed by atoms with Crippen molar-refractivity contribution in [3.05, 3.63) is 54.6 Å².